The normalized spacial score (nSPS) is 11.6. The Morgan fingerprint density at radius 3 is 2.09 bits per heavy atom. The van der Waals surface area contributed by atoms with Crippen LogP contribution in [-0.2, 0) is 0 Å². The summed E-state index contributed by atoms with van der Waals surface area (Å²) in [7, 11) is 0. The van der Waals surface area contributed by atoms with Gasteiger partial charge in [0, 0.05) is 0 Å². The lowest BCUT2D eigenvalue weighted by Gasteiger charge is -2.13. The minimum Gasteiger partial charge on any atom is -0.287 e. The number of para-hydroxylation sites is 1. The van der Waals surface area contributed by atoms with Gasteiger partial charge in [0.25, 0.3) is 0 Å². The van der Waals surface area contributed by atoms with Crippen LogP contribution in [0.25, 0.3) is 20.8 Å². The monoisotopic (exact) mass is 501 g/mol. The second-order valence-corrected chi connectivity index (χ2v) is 12.1. The molecule has 0 N–H and O–H groups in total. The van der Waals surface area contributed by atoms with Gasteiger partial charge >= 0.3 is 0 Å². The van der Waals surface area contributed by atoms with Crippen molar-refractivity contribution in [2.75, 3.05) is 11.5 Å². The number of rotatable bonds is 16. The fourth-order valence-electron chi connectivity index (χ4n) is 4.00. The van der Waals surface area contributed by atoms with Crippen LogP contribution in [0, 0.1) is 0 Å². The van der Waals surface area contributed by atoms with E-state index >= 15 is 0 Å². The summed E-state index contributed by atoms with van der Waals surface area (Å²) in [5, 5.41) is 0. The number of nitrogens with zero attached hydrogens (tertiary/aromatic N) is 1. The Kier molecular flexibility index (Phi) is 12.1. The molecule has 180 valence electrons. The average Bonchev–Trinajstić information content (AvgIpc) is 2.83. The van der Waals surface area contributed by atoms with E-state index in [-0.39, 0.29) is 5.43 Å². The van der Waals surface area contributed by atoms with Gasteiger partial charge in [0.05, 0.1) is 30.6 Å². The quantitative estimate of drug-likeness (QED) is 0.111. The second kappa shape index (κ2) is 15.1. The Hall–Kier alpha value is -1.04. The Morgan fingerprint density at radius 2 is 1.39 bits per heavy atom. The van der Waals surface area contributed by atoms with Crippen LogP contribution in [0.15, 0.2) is 44.9 Å². The largest absolute Gasteiger partial charge is 0.287 e. The summed E-state index contributed by atoms with van der Waals surface area (Å²) in [6.07, 6.45) is 15.4. The number of benzene rings is 2. The third kappa shape index (κ3) is 8.29. The van der Waals surface area contributed by atoms with E-state index in [2.05, 4.69) is 38.1 Å². The molecule has 0 radical (unpaired) electrons. The van der Waals surface area contributed by atoms with Crippen molar-refractivity contribution in [3.8, 4) is 10.6 Å². The zero-order chi connectivity index (χ0) is 23.3. The van der Waals surface area contributed by atoms with E-state index in [1.54, 1.807) is 34.9 Å². The number of thioether (sulfide) groups is 2. The molecule has 2 aliphatic rings. The van der Waals surface area contributed by atoms with Crippen LogP contribution in [0.3, 0.4) is 0 Å². The molecule has 0 unspecified atom stereocenters. The fourth-order valence-corrected chi connectivity index (χ4v) is 7.37. The van der Waals surface area contributed by atoms with Gasteiger partial charge in [-0.2, -0.15) is 0 Å². The number of fused-ring (bicyclic) bond motifs is 2. The second-order valence-electron chi connectivity index (χ2n) is 8.80. The summed E-state index contributed by atoms with van der Waals surface area (Å²) < 4.78 is 1.15. The smallest absolute Gasteiger partial charge is 0.207 e. The molecule has 33 heavy (non-hydrogen) atoms. The van der Waals surface area contributed by atoms with Crippen molar-refractivity contribution in [3.05, 3.63) is 40.6 Å². The van der Waals surface area contributed by atoms with Crippen molar-refractivity contribution >= 4 is 45.1 Å². The van der Waals surface area contributed by atoms with Crippen molar-refractivity contribution in [1.82, 2.24) is 4.98 Å². The zero-order valence-corrected chi connectivity index (χ0v) is 22.8. The predicted molar refractivity (Wildman–Crippen MR) is 151 cm³/mol. The summed E-state index contributed by atoms with van der Waals surface area (Å²) in [4.78, 5) is 21.3. The SMILES string of the molecule is CCCCCCCCSc1cc2nc3ccccc3sc-2c(SCCCCCCCC)c1=O. The van der Waals surface area contributed by atoms with Crippen LogP contribution in [0.5, 0.6) is 0 Å². The highest BCUT2D eigenvalue weighted by molar-refractivity contribution is 8.00. The van der Waals surface area contributed by atoms with E-state index in [0.29, 0.717) is 0 Å². The van der Waals surface area contributed by atoms with Crippen LogP contribution in [0.4, 0.5) is 0 Å². The van der Waals surface area contributed by atoms with Gasteiger partial charge in [-0.25, -0.2) is 4.98 Å². The van der Waals surface area contributed by atoms with Crippen molar-refractivity contribution < 1.29 is 0 Å². The first-order valence-corrected chi connectivity index (χ1v) is 15.7. The Bertz CT molecular complexity index is 1000. The van der Waals surface area contributed by atoms with Crippen LogP contribution in [0.2, 0.25) is 0 Å². The molecule has 1 aromatic carbocycles. The standard InChI is InChI=1S/C28H39NOS3/c1-3-5-7-9-11-15-19-31-25-21-23-27(33-24-18-14-13-17-22(24)29-23)28(26(25)30)32-20-16-12-10-8-6-4-2/h13-14,17-18,21H,3-12,15-16,19-20H2,1-2H3. The van der Waals surface area contributed by atoms with Gasteiger partial charge in [-0.05, 0) is 42.5 Å². The van der Waals surface area contributed by atoms with Gasteiger partial charge in [-0.15, -0.1) is 34.9 Å². The molecule has 3 rings (SSSR count). The summed E-state index contributed by atoms with van der Waals surface area (Å²) in [5.41, 5.74) is 2.23. The van der Waals surface area contributed by atoms with Crippen LogP contribution in [-0.4, -0.2) is 16.5 Å². The van der Waals surface area contributed by atoms with E-state index < -0.39 is 0 Å². The van der Waals surface area contributed by atoms with Crippen molar-refractivity contribution in [2.24, 2.45) is 0 Å². The molecule has 1 heterocycles. The summed E-state index contributed by atoms with van der Waals surface area (Å²) in [5.74, 6) is 2.03. The Balaban J connectivity index is 1.72. The van der Waals surface area contributed by atoms with E-state index in [9.17, 15) is 4.79 Å². The van der Waals surface area contributed by atoms with Gasteiger partial charge in [0.15, 0.2) is 0 Å². The maximum atomic E-state index is 13.5. The molecule has 0 bridgehead atoms. The molecular weight excluding hydrogens is 463 g/mol. The van der Waals surface area contributed by atoms with Gasteiger partial charge in [0.1, 0.15) is 0 Å². The minimum atomic E-state index is 0.225. The molecule has 1 aliphatic heterocycles. The molecular formula is C28H39NOS3. The molecule has 2 nitrogen and oxygen atoms in total. The molecule has 5 heteroatoms. The van der Waals surface area contributed by atoms with E-state index in [1.165, 1.54) is 77.0 Å². The lowest BCUT2D eigenvalue weighted by Crippen LogP contribution is -2.10. The highest BCUT2D eigenvalue weighted by Crippen LogP contribution is 2.39. The third-order valence-electron chi connectivity index (χ3n) is 5.95. The maximum Gasteiger partial charge on any atom is 0.207 e. The predicted octanol–water partition coefficient (Wildman–Crippen LogP) is 9.67. The topological polar surface area (TPSA) is 30.0 Å². The van der Waals surface area contributed by atoms with E-state index in [4.69, 9.17) is 4.98 Å². The Morgan fingerprint density at radius 1 is 0.788 bits per heavy atom. The van der Waals surface area contributed by atoms with Crippen LogP contribution in [0.1, 0.15) is 90.9 Å². The summed E-state index contributed by atoms with van der Waals surface area (Å²) in [6, 6.07) is 10.3. The van der Waals surface area contributed by atoms with Gasteiger partial charge in [0.2, 0.25) is 5.43 Å². The first kappa shape index (κ1) is 26.6. The highest BCUT2D eigenvalue weighted by Gasteiger charge is 2.19. The fraction of sp³-hybridized carbons (Fsp3) is 0.571. The molecule has 1 aliphatic carbocycles. The first-order valence-electron chi connectivity index (χ1n) is 12.9. The lowest BCUT2D eigenvalue weighted by molar-refractivity contribution is 0.627. The van der Waals surface area contributed by atoms with Gasteiger partial charge in [-0.3, -0.25) is 4.79 Å². The molecule has 0 saturated heterocycles. The molecule has 0 spiro atoms. The van der Waals surface area contributed by atoms with Crippen molar-refractivity contribution in [3.63, 3.8) is 0 Å². The number of hydrogen-bond acceptors (Lipinski definition) is 5. The molecule has 0 atom stereocenters. The third-order valence-corrected chi connectivity index (χ3v) is 9.54. The van der Waals surface area contributed by atoms with Gasteiger partial charge < -0.3 is 0 Å². The van der Waals surface area contributed by atoms with Gasteiger partial charge in [-0.1, -0.05) is 90.2 Å². The highest BCUT2D eigenvalue weighted by atomic mass is 32.2. The minimum absolute atomic E-state index is 0.225. The van der Waals surface area contributed by atoms with Crippen molar-refractivity contribution in [1.29, 1.82) is 0 Å². The van der Waals surface area contributed by atoms with E-state index in [1.807, 2.05) is 6.07 Å². The summed E-state index contributed by atoms with van der Waals surface area (Å²) in [6.45, 7) is 4.51. The molecule has 0 saturated carbocycles. The lowest BCUT2D eigenvalue weighted by atomic mass is 10.1. The van der Waals surface area contributed by atoms with Crippen molar-refractivity contribution in [2.45, 2.75) is 101 Å². The maximum absolute atomic E-state index is 13.5. The number of unbranched alkanes of at least 4 members (excludes halogenated alkanes) is 10. The van der Waals surface area contributed by atoms with Crippen LogP contribution < -0.4 is 5.43 Å². The Labute approximate surface area is 212 Å². The average molecular weight is 502 g/mol. The first-order chi connectivity index (χ1) is 16.2. The molecule has 1 aromatic rings. The number of aromatic nitrogens is 1. The van der Waals surface area contributed by atoms with Crippen LogP contribution >= 0.6 is 34.9 Å². The molecule has 0 aromatic heterocycles. The van der Waals surface area contributed by atoms with E-state index in [0.717, 1.165) is 42.1 Å². The zero-order valence-electron chi connectivity index (χ0n) is 20.4. The molecule has 0 amide bonds. The summed E-state index contributed by atoms with van der Waals surface area (Å²) >= 11 is 5.22. The number of hydrogen-bond donors (Lipinski definition) is 0. The molecule has 0 fully saturated rings.